The van der Waals surface area contributed by atoms with E-state index in [-0.39, 0.29) is 12.4 Å². The first-order valence-corrected chi connectivity index (χ1v) is 4.50. The highest BCUT2D eigenvalue weighted by Gasteiger charge is 2.03. The van der Waals surface area contributed by atoms with Crippen LogP contribution in [0.2, 0.25) is 0 Å². The van der Waals surface area contributed by atoms with Crippen molar-refractivity contribution in [3.8, 4) is 10.4 Å². The van der Waals surface area contributed by atoms with E-state index in [1.165, 1.54) is 10.4 Å². The number of H-pyrrole nitrogens is 1. The summed E-state index contributed by atoms with van der Waals surface area (Å²) in [6.45, 7) is 0. The van der Waals surface area contributed by atoms with E-state index >= 15 is 0 Å². The van der Waals surface area contributed by atoms with Gasteiger partial charge in [-0.15, -0.1) is 0 Å². The summed E-state index contributed by atoms with van der Waals surface area (Å²) in [5.41, 5.74) is 6.78. The van der Waals surface area contributed by atoms with Crippen molar-refractivity contribution in [2.24, 2.45) is 0 Å². The Bertz CT molecular complexity index is 372. The summed E-state index contributed by atoms with van der Waals surface area (Å²) >= 11 is 1.56. The molecular weight excluding hydrogens is 204 g/mol. The van der Waals surface area contributed by atoms with Crippen LogP contribution in [0.3, 0.4) is 0 Å². The molecule has 3 N–H and O–H groups in total. The lowest BCUT2D eigenvalue weighted by Crippen LogP contribution is -3.00. The molecule has 0 aliphatic rings. The van der Waals surface area contributed by atoms with E-state index in [0.29, 0.717) is 0 Å². The van der Waals surface area contributed by atoms with Crippen molar-refractivity contribution in [3.63, 3.8) is 0 Å². The minimum atomic E-state index is 0. The van der Waals surface area contributed by atoms with E-state index in [0.717, 1.165) is 5.13 Å². The molecule has 0 unspecified atom stereocenters. The Hall–Kier alpha value is -1.06. The van der Waals surface area contributed by atoms with Gasteiger partial charge in [0.25, 0.3) is 0 Å². The number of aromatic amines is 1. The summed E-state index contributed by atoms with van der Waals surface area (Å²) in [6, 6.07) is 10.2. The molecule has 1 heterocycles. The van der Waals surface area contributed by atoms with Gasteiger partial charge in [0, 0.05) is 0 Å². The van der Waals surface area contributed by atoms with Crippen molar-refractivity contribution in [2.75, 3.05) is 5.73 Å². The predicted octanol–water partition coefficient (Wildman–Crippen LogP) is -1.18. The molecular formula is C9H9ClN2S. The van der Waals surface area contributed by atoms with Crippen molar-refractivity contribution in [1.82, 2.24) is 0 Å². The largest absolute Gasteiger partial charge is 1.00 e. The van der Waals surface area contributed by atoms with Gasteiger partial charge >= 0.3 is 5.13 Å². The molecule has 4 heteroatoms. The fourth-order valence-corrected chi connectivity index (χ4v) is 1.79. The SMILES string of the molecule is Nc1[nH+]cc(-c2ccccc2)s1.[Cl-]. The van der Waals surface area contributed by atoms with Crippen LogP contribution < -0.4 is 23.1 Å². The number of thiazole rings is 1. The molecule has 0 saturated heterocycles. The number of hydrogen-bond acceptors (Lipinski definition) is 2. The van der Waals surface area contributed by atoms with Crippen LogP contribution in [-0.2, 0) is 0 Å². The second kappa shape index (κ2) is 4.25. The van der Waals surface area contributed by atoms with Gasteiger partial charge in [-0.3, -0.25) is 5.73 Å². The Kier molecular flexibility index (Phi) is 3.28. The molecule has 1 aromatic heterocycles. The Morgan fingerprint density at radius 1 is 1.15 bits per heavy atom. The number of nitrogen functional groups attached to an aromatic ring is 1. The molecule has 0 spiro atoms. The number of anilines is 1. The molecule has 0 amide bonds. The van der Waals surface area contributed by atoms with Crippen molar-refractivity contribution in [3.05, 3.63) is 36.5 Å². The van der Waals surface area contributed by atoms with E-state index in [9.17, 15) is 0 Å². The van der Waals surface area contributed by atoms with Gasteiger partial charge in [-0.2, -0.15) is 0 Å². The Morgan fingerprint density at radius 3 is 2.38 bits per heavy atom. The summed E-state index contributed by atoms with van der Waals surface area (Å²) in [6.07, 6.45) is 1.93. The zero-order valence-electron chi connectivity index (χ0n) is 6.83. The number of rotatable bonds is 1. The van der Waals surface area contributed by atoms with Crippen LogP contribution in [0, 0.1) is 0 Å². The predicted molar refractivity (Wildman–Crippen MR) is 50.7 cm³/mol. The molecule has 2 aromatic rings. The molecule has 13 heavy (non-hydrogen) atoms. The molecule has 68 valence electrons. The van der Waals surface area contributed by atoms with Crippen LogP contribution >= 0.6 is 11.3 Å². The molecule has 0 atom stereocenters. The van der Waals surface area contributed by atoms with Crippen LogP contribution in [0.5, 0.6) is 0 Å². The first-order chi connectivity index (χ1) is 5.86. The normalized spacial score (nSPS) is 9.23. The Balaban J connectivity index is 0.000000845. The molecule has 2 nitrogen and oxygen atoms in total. The van der Waals surface area contributed by atoms with Gasteiger partial charge in [-0.1, -0.05) is 30.3 Å². The first-order valence-electron chi connectivity index (χ1n) is 3.68. The average molecular weight is 213 g/mol. The number of nitrogens with two attached hydrogens (primary N) is 1. The number of hydrogen-bond donors (Lipinski definition) is 1. The third-order valence-electron chi connectivity index (χ3n) is 1.62. The number of benzene rings is 1. The van der Waals surface area contributed by atoms with E-state index in [2.05, 4.69) is 17.1 Å². The maximum Gasteiger partial charge on any atom is 0.329 e. The molecule has 0 saturated carbocycles. The second-order valence-electron chi connectivity index (χ2n) is 2.49. The smallest absolute Gasteiger partial charge is 0.329 e. The van der Waals surface area contributed by atoms with E-state index in [1.807, 2.05) is 24.4 Å². The topological polar surface area (TPSA) is 40.2 Å². The van der Waals surface area contributed by atoms with Crippen LogP contribution in [0.1, 0.15) is 0 Å². The van der Waals surface area contributed by atoms with Gasteiger partial charge in [-0.05, 0) is 16.9 Å². The van der Waals surface area contributed by atoms with Crippen LogP contribution in [-0.4, -0.2) is 0 Å². The lowest BCUT2D eigenvalue weighted by atomic mass is 10.2. The molecule has 0 radical (unpaired) electrons. The lowest BCUT2D eigenvalue weighted by molar-refractivity contribution is -0.353. The standard InChI is InChI=1S/C9H8N2S.ClH/c10-9-11-6-8(12-9)7-4-2-1-3-5-7;/h1-6H,(H2,10,11);1H. The van der Waals surface area contributed by atoms with Crippen molar-refractivity contribution in [1.29, 1.82) is 0 Å². The third kappa shape index (κ3) is 2.20. The minimum absolute atomic E-state index is 0. The Labute approximate surface area is 86.8 Å². The van der Waals surface area contributed by atoms with Crippen molar-refractivity contribution in [2.45, 2.75) is 0 Å². The monoisotopic (exact) mass is 212 g/mol. The van der Waals surface area contributed by atoms with Gasteiger partial charge in [-0.25, -0.2) is 4.98 Å². The maximum atomic E-state index is 5.58. The van der Waals surface area contributed by atoms with Crippen molar-refractivity contribution >= 4 is 16.5 Å². The number of halogens is 1. The highest BCUT2D eigenvalue weighted by molar-refractivity contribution is 7.18. The fraction of sp³-hybridized carbons (Fsp3) is 0. The molecule has 0 fully saturated rings. The van der Waals surface area contributed by atoms with Gasteiger partial charge in [0.05, 0.1) is 4.88 Å². The van der Waals surface area contributed by atoms with E-state index < -0.39 is 0 Å². The van der Waals surface area contributed by atoms with E-state index in [4.69, 9.17) is 5.73 Å². The summed E-state index contributed by atoms with van der Waals surface area (Å²) in [7, 11) is 0. The number of nitrogens with one attached hydrogen (secondary N) is 1. The average Bonchev–Trinajstić information content (AvgIpc) is 2.54. The fourth-order valence-electron chi connectivity index (χ4n) is 1.06. The van der Waals surface area contributed by atoms with Crippen molar-refractivity contribution < 1.29 is 17.4 Å². The Morgan fingerprint density at radius 2 is 1.85 bits per heavy atom. The molecule has 0 bridgehead atoms. The zero-order chi connectivity index (χ0) is 8.39. The first kappa shape index (κ1) is 10.0. The quantitative estimate of drug-likeness (QED) is 0.635. The molecule has 1 aromatic carbocycles. The zero-order valence-corrected chi connectivity index (χ0v) is 8.40. The van der Waals surface area contributed by atoms with Gasteiger partial charge in [0.2, 0.25) is 0 Å². The lowest BCUT2D eigenvalue weighted by Gasteiger charge is -1.91. The molecule has 2 rings (SSSR count). The summed E-state index contributed by atoms with van der Waals surface area (Å²) < 4.78 is 0. The highest BCUT2D eigenvalue weighted by Crippen LogP contribution is 2.24. The second-order valence-corrected chi connectivity index (χ2v) is 3.57. The van der Waals surface area contributed by atoms with Gasteiger partial charge in [0.15, 0.2) is 0 Å². The number of aromatic nitrogens is 1. The maximum absolute atomic E-state index is 5.58. The van der Waals surface area contributed by atoms with E-state index in [1.54, 1.807) is 11.3 Å². The van der Waals surface area contributed by atoms with Gasteiger partial charge < -0.3 is 12.4 Å². The molecule has 0 aliphatic carbocycles. The minimum Gasteiger partial charge on any atom is -1.00 e. The van der Waals surface area contributed by atoms with Gasteiger partial charge in [0.1, 0.15) is 6.20 Å². The third-order valence-corrected chi connectivity index (χ3v) is 2.53. The highest BCUT2D eigenvalue weighted by atomic mass is 35.5. The summed E-state index contributed by atoms with van der Waals surface area (Å²) in [5, 5.41) is 0.744. The summed E-state index contributed by atoms with van der Waals surface area (Å²) in [4.78, 5) is 4.14. The summed E-state index contributed by atoms with van der Waals surface area (Å²) in [5.74, 6) is 0. The molecule has 0 aliphatic heterocycles. The van der Waals surface area contributed by atoms with Crippen LogP contribution in [0.4, 0.5) is 5.13 Å². The van der Waals surface area contributed by atoms with Crippen LogP contribution in [0.15, 0.2) is 36.5 Å². The van der Waals surface area contributed by atoms with Crippen LogP contribution in [0.25, 0.3) is 10.4 Å².